The molecule has 1 aromatic carbocycles. The first-order chi connectivity index (χ1) is 9.69. The minimum atomic E-state index is -0.710. The zero-order valence-corrected chi connectivity index (χ0v) is 11.4. The molecule has 0 fully saturated rings. The summed E-state index contributed by atoms with van der Waals surface area (Å²) in [5.41, 5.74) is 0.459. The van der Waals surface area contributed by atoms with Gasteiger partial charge in [-0.05, 0) is 24.3 Å². The zero-order valence-electron chi connectivity index (χ0n) is 10.7. The summed E-state index contributed by atoms with van der Waals surface area (Å²) >= 11 is 5.51. The number of aliphatic hydroxyl groups is 1. The fourth-order valence-electron chi connectivity index (χ4n) is 1.59. The van der Waals surface area contributed by atoms with Gasteiger partial charge in [0.15, 0.2) is 0 Å². The van der Waals surface area contributed by atoms with Crippen LogP contribution in [0.4, 0.5) is 10.1 Å². The number of furan rings is 1. The molecular formula is C14H15ClFNO3. The van der Waals surface area contributed by atoms with Gasteiger partial charge in [-0.3, -0.25) is 0 Å². The first kappa shape index (κ1) is 14.7. The van der Waals surface area contributed by atoms with Crippen molar-refractivity contribution in [3.05, 3.63) is 48.2 Å². The van der Waals surface area contributed by atoms with Crippen LogP contribution in [0.3, 0.4) is 0 Å². The minimum absolute atomic E-state index is 0.102. The van der Waals surface area contributed by atoms with Crippen molar-refractivity contribution < 1.29 is 18.7 Å². The molecule has 0 radical (unpaired) electrons. The quantitative estimate of drug-likeness (QED) is 0.772. The highest BCUT2D eigenvalue weighted by atomic mass is 35.5. The number of nitrogens with one attached hydrogen (secondary N) is 1. The Morgan fingerprint density at radius 1 is 1.40 bits per heavy atom. The highest BCUT2D eigenvalue weighted by molar-refractivity contribution is 6.18. The molecule has 2 rings (SSSR count). The molecule has 0 saturated carbocycles. The molecule has 108 valence electrons. The molecule has 0 amide bonds. The number of hydrogen-bond acceptors (Lipinski definition) is 4. The van der Waals surface area contributed by atoms with Crippen LogP contribution in [0.1, 0.15) is 5.76 Å². The summed E-state index contributed by atoms with van der Waals surface area (Å²) in [6.07, 6.45) is 0.845. The van der Waals surface area contributed by atoms with E-state index < -0.39 is 11.9 Å². The van der Waals surface area contributed by atoms with Crippen LogP contribution in [-0.4, -0.2) is 23.6 Å². The van der Waals surface area contributed by atoms with Gasteiger partial charge in [0.2, 0.25) is 0 Å². The molecule has 0 spiro atoms. The van der Waals surface area contributed by atoms with E-state index in [2.05, 4.69) is 5.32 Å². The number of alkyl halides is 1. The van der Waals surface area contributed by atoms with Gasteiger partial charge in [-0.2, -0.15) is 0 Å². The van der Waals surface area contributed by atoms with Crippen molar-refractivity contribution in [2.24, 2.45) is 0 Å². The Bertz CT molecular complexity index is 533. The second kappa shape index (κ2) is 7.17. The normalized spacial score (nSPS) is 12.2. The monoisotopic (exact) mass is 299 g/mol. The van der Waals surface area contributed by atoms with E-state index >= 15 is 0 Å². The highest BCUT2D eigenvalue weighted by Gasteiger charge is 2.09. The molecular weight excluding hydrogens is 285 g/mol. The Hall–Kier alpha value is -1.72. The van der Waals surface area contributed by atoms with Crippen LogP contribution in [0.5, 0.6) is 5.75 Å². The Kier molecular flexibility index (Phi) is 5.26. The number of aliphatic hydroxyl groups excluding tert-OH is 1. The molecule has 6 heteroatoms. The van der Waals surface area contributed by atoms with E-state index in [-0.39, 0.29) is 19.0 Å². The van der Waals surface area contributed by atoms with Gasteiger partial charge in [0.25, 0.3) is 0 Å². The van der Waals surface area contributed by atoms with Crippen LogP contribution in [0.25, 0.3) is 0 Å². The van der Waals surface area contributed by atoms with Crippen molar-refractivity contribution in [1.29, 1.82) is 0 Å². The molecule has 0 aliphatic rings. The second-order valence-corrected chi connectivity index (χ2v) is 4.51. The van der Waals surface area contributed by atoms with E-state index in [1.54, 1.807) is 18.4 Å². The Balaban J connectivity index is 2.03. The van der Waals surface area contributed by atoms with Gasteiger partial charge < -0.3 is 19.6 Å². The number of rotatable bonds is 7. The largest absolute Gasteiger partial charge is 0.483 e. The van der Waals surface area contributed by atoms with Gasteiger partial charge in [-0.1, -0.05) is 0 Å². The predicted molar refractivity (Wildman–Crippen MR) is 74.7 cm³/mol. The maximum absolute atomic E-state index is 13.3. The van der Waals surface area contributed by atoms with E-state index in [0.717, 1.165) is 0 Å². The van der Waals surface area contributed by atoms with Crippen molar-refractivity contribution in [3.63, 3.8) is 0 Å². The lowest BCUT2D eigenvalue weighted by atomic mass is 10.2. The molecule has 2 N–H and O–H groups in total. The minimum Gasteiger partial charge on any atom is -0.483 e. The van der Waals surface area contributed by atoms with E-state index in [1.807, 2.05) is 0 Å². The summed E-state index contributed by atoms with van der Waals surface area (Å²) in [7, 11) is 0. The number of ether oxygens (including phenoxy) is 1. The number of halogens is 2. The van der Waals surface area contributed by atoms with E-state index in [0.29, 0.717) is 17.2 Å². The van der Waals surface area contributed by atoms with Gasteiger partial charge in [0, 0.05) is 12.6 Å². The summed E-state index contributed by atoms with van der Waals surface area (Å²) < 4.78 is 24.0. The second-order valence-electron chi connectivity index (χ2n) is 4.20. The number of anilines is 1. The third-order valence-electron chi connectivity index (χ3n) is 2.60. The molecule has 0 aliphatic heterocycles. The highest BCUT2D eigenvalue weighted by Crippen LogP contribution is 2.26. The third kappa shape index (κ3) is 4.15. The van der Waals surface area contributed by atoms with Gasteiger partial charge in [0.1, 0.15) is 23.9 Å². The van der Waals surface area contributed by atoms with Crippen LogP contribution >= 0.6 is 11.6 Å². The fourth-order valence-corrected chi connectivity index (χ4v) is 1.70. The van der Waals surface area contributed by atoms with E-state index in [4.69, 9.17) is 20.8 Å². The average Bonchev–Trinajstić information content (AvgIpc) is 2.97. The molecule has 0 aliphatic carbocycles. The number of hydrogen-bond donors (Lipinski definition) is 2. The zero-order chi connectivity index (χ0) is 14.4. The molecule has 0 saturated heterocycles. The van der Waals surface area contributed by atoms with Crippen LogP contribution in [0, 0.1) is 5.82 Å². The van der Waals surface area contributed by atoms with Gasteiger partial charge in [0.05, 0.1) is 23.9 Å². The molecule has 2 aromatic rings. The molecule has 4 nitrogen and oxygen atoms in total. The first-order valence-electron chi connectivity index (χ1n) is 6.11. The molecule has 1 heterocycles. The lowest BCUT2D eigenvalue weighted by Crippen LogP contribution is -2.21. The maximum atomic E-state index is 13.3. The lowest BCUT2D eigenvalue weighted by Gasteiger charge is -2.14. The predicted octanol–water partition coefficient (Wildman–Crippen LogP) is 3.01. The van der Waals surface area contributed by atoms with Crippen molar-refractivity contribution in [2.45, 2.75) is 12.7 Å². The third-order valence-corrected chi connectivity index (χ3v) is 2.95. The lowest BCUT2D eigenvalue weighted by molar-refractivity contribution is 0.211. The van der Waals surface area contributed by atoms with Crippen LogP contribution in [-0.2, 0) is 6.61 Å². The SMILES string of the molecule is OC(CCl)CNc1cc(F)ccc1OCc1ccco1. The summed E-state index contributed by atoms with van der Waals surface area (Å²) in [4.78, 5) is 0. The van der Waals surface area contributed by atoms with E-state index in [1.165, 1.54) is 18.2 Å². The Morgan fingerprint density at radius 2 is 2.25 bits per heavy atom. The number of benzene rings is 1. The summed E-state index contributed by atoms with van der Waals surface area (Å²) in [6.45, 7) is 0.454. The van der Waals surface area contributed by atoms with Gasteiger partial charge in [-0.25, -0.2) is 4.39 Å². The van der Waals surface area contributed by atoms with Gasteiger partial charge >= 0.3 is 0 Å². The van der Waals surface area contributed by atoms with Crippen molar-refractivity contribution in [1.82, 2.24) is 0 Å². The standard InChI is InChI=1S/C14H15ClFNO3/c15-7-11(18)8-17-13-6-10(16)3-4-14(13)20-9-12-2-1-5-19-12/h1-6,11,17-18H,7-9H2. The first-order valence-corrected chi connectivity index (χ1v) is 6.65. The maximum Gasteiger partial charge on any atom is 0.146 e. The fraction of sp³-hybridized carbons (Fsp3) is 0.286. The summed E-state index contributed by atoms with van der Waals surface area (Å²) in [5.74, 6) is 0.856. The summed E-state index contributed by atoms with van der Waals surface area (Å²) in [6, 6.07) is 7.68. The molecule has 1 atom stereocenters. The van der Waals surface area contributed by atoms with Crippen molar-refractivity contribution >= 4 is 17.3 Å². The van der Waals surface area contributed by atoms with Crippen LogP contribution < -0.4 is 10.1 Å². The van der Waals surface area contributed by atoms with Crippen LogP contribution in [0.2, 0.25) is 0 Å². The average molecular weight is 300 g/mol. The topological polar surface area (TPSA) is 54.6 Å². The Morgan fingerprint density at radius 3 is 2.95 bits per heavy atom. The molecule has 0 bridgehead atoms. The van der Waals surface area contributed by atoms with Crippen molar-refractivity contribution in [3.8, 4) is 5.75 Å². The molecule has 20 heavy (non-hydrogen) atoms. The van der Waals surface area contributed by atoms with Gasteiger partial charge in [-0.15, -0.1) is 11.6 Å². The van der Waals surface area contributed by atoms with E-state index in [9.17, 15) is 9.50 Å². The molecule has 1 aromatic heterocycles. The Labute approximate surface area is 121 Å². The molecule has 1 unspecified atom stereocenters. The van der Waals surface area contributed by atoms with Crippen LogP contribution in [0.15, 0.2) is 41.0 Å². The summed E-state index contributed by atoms with van der Waals surface area (Å²) in [5, 5.41) is 12.3. The smallest absolute Gasteiger partial charge is 0.146 e. The van der Waals surface area contributed by atoms with Crippen molar-refractivity contribution in [2.75, 3.05) is 17.7 Å².